The summed E-state index contributed by atoms with van der Waals surface area (Å²) in [6.45, 7) is 11.8. The lowest BCUT2D eigenvalue weighted by atomic mass is 9.50. The van der Waals surface area contributed by atoms with Crippen LogP contribution in [0.4, 0.5) is 0 Å². The molecule has 4 rings (SSSR count). The number of hydrogen-bond donors (Lipinski definition) is 2. The molecule has 0 aliphatic heterocycles. The Morgan fingerprint density at radius 2 is 1.72 bits per heavy atom. The second-order valence-electron chi connectivity index (χ2n) is 11.9. The molecule has 0 unspecified atom stereocenters. The lowest BCUT2D eigenvalue weighted by Gasteiger charge is -2.55. The summed E-state index contributed by atoms with van der Waals surface area (Å²) in [7, 11) is 0. The van der Waals surface area contributed by atoms with E-state index in [0.717, 1.165) is 43.9 Å². The van der Waals surface area contributed by atoms with E-state index in [4.69, 9.17) is 0 Å². The number of allylic oxidation sites excluding steroid dienone is 3. The minimum atomic E-state index is -0.149. The second kappa shape index (κ2) is 7.83. The zero-order chi connectivity index (χ0) is 21.0. The zero-order valence-electron chi connectivity index (χ0n) is 19.5. The fourth-order valence-corrected chi connectivity index (χ4v) is 7.93. The number of fused-ring (bicyclic) bond motifs is 5. The normalized spacial score (nSPS) is 43.7. The van der Waals surface area contributed by atoms with Gasteiger partial charge in [0.25, 0.3) is 0 Å². The summed E-state index contributed by atoms with van der Waals surface area (Å²) >= 11 is 0. The smallest absolute Gasteiger partial charge is 0.0578 e. The average molecular weight is 401 g/mol. The van der Waals surface area contributed by atoms with E-state index in [1.807, 2.05) is 0 Å². The van der Waals surface area contributed by atoms with Crippen molar-refractivity contribution in [1.82, 2.24) is 0 Å². The summed E-state index contributed by atoms with van der Waals surface area (Å²) in [4.78, 5) is 0. The van der Waals surface area contributed by atoms with Crippen LogP contribution < -0.4 is 0 Å². The van der Waals surface area contributed by atoms with Gasteiger partial charge in [-0.15, -0.1) is 0 Å². The van der Waals surface area contributed by atoms with Gasteiger partial charge in [-0.05, 0) is 98.2 Å². The Kier molecular flexibility index (Phi) is 5.84. The fraction of sp³-hybridized carbons (Fsp3) is 0.852. The zero-order valence-corrected chi connectivity index (χ0v) is 19.5. The van der Waals surface area contributed by atoms with E-state index in [1.54, 1.807) is 5.57 Å². The highest BCUT2D eigenvalue weighted by Gasteiger charge is 2.56. The summed E-state index contributed by atoms with van der Waals surface area (Å²) < 4.78 is 0. The number of aliphatic hydroxyl groups is 2. The molecule has 0 aromatic rings. The molecule has 4 aliphatic rings. The van der Waals surface area contributed by atoms with Gasteiger partial charge in [0.1, 0.15) is 0 Å². The first-order valence-corrected chi connectivity index (χ1v) is 12.4. The molecule has 0 saturated heterocycles. The lowest BCUT2D eigenvalue weighted by molar-refractivity contribution is 0.0288. The van der Waals surface area contributed by atoms with Gasteiger partial charge in [0, 0.05) is 0 Å². The third-order valence-corrected chi connectivity index (χ3v) is 9.99. The monoisotopic (exact) mass is 400 g/mol. The van der Waals surface area contributed by atoms with Crippen molar-refractivity contribution in [3.63, 3.8) is 0 Å². The molecule has 2 N–H and O–H groups in total. The molecule has 3 fully saturated rings. The third-order valence-electron chi connectivity index (χ3n) is 9.99. The van der Waals surface area contributed by atoms with Crippen LogP contribution >= 0.6 is 0 Å². The minimum Gasteiger partial charge on any atom is -0.393 e. The summed E-state index contributed by atoms with van der Waals surface area (Å²) in [6, 6.07) is 0. The van der Waals surface area contributed by atoms with E-state index in [0.29, 0.717) is 23.2 Å². The summed E-state index contributed by atoms with van der Waals surface area (Å²) in [5.74, 6) is 3.30. The Morgan fingerprint density at radius 1 is 0.966 bits per heavy atom. The summed E-state index contributed by atoms with van der Waals surface area (Å²) in [6.07, 6.45) is 15.1. The molecule has 4 aliphatic carbocycles. The van der Waals surface area contributed by atoms with Crippen LogP contribution in [-0.4, -0.2) is 22.4 Å². The standard InChI is InChI=1S/C27H44O2/c1-17(2)25(29)11-6-18(3)22-9-10-23-21-8-7-19-16-20(28)12-14-26(19,4)24(21)13-15-27(22,23)5/h7-8,17-18,20,22-25,28-29H,6,9-16H2,1-5H3/t18-,20+,22-,23+,24+,25+,26+,27-/m1/s1. The van der Waals surface area contributed by atoms with Gasteiger partial charge in [-0.25, -0.2) is 0 Å². The molecule has 3 saturated carbocycles. The van der Waals surface area contributed by atoms with Crippen molar-refractivity contribution in [2.45, 2.75) is 105 Å². The van der Waals surface area contributed by atoms with Crippen molar-refractivity contribution < 1.29 is 10.2 Å². The Labute approximate surface area is 178 Å². The molecule has 0 bridgehead atoms. The van der Waals surface area contributed by atoms with Crippen LogP contribution in [0.2, 0.25) is 0 Å². The molecule has 0 spiro atoms. The van der Waals surface area contributed by atoms with Crippen LogP contribution in [-0.2, 0) is 0 Å². The van der Waals surface area contributed by atoms with Crippen LogP contribution in [0.15, 0.2) is 23.3 Å². The first kappa shape index (κ1) is 21.6. The molecule has 29 heavy (non-hydrogen) atoms. The maximum absolute atomic E-state index is 10.3. The largest absolute Gasteiger partial charge is 0.393 e. The van der Waals surface area contributed by atoms with Crippen LogP contribution in [0.3, 0.4) is 0 Å². The van der Waals surface area contributed by atoms with E-state index in [2.05, 4.69) is 46.8 Å². The molecule has 0 heterocycles. The Hall–Kier alpha value is -0.600. The van der Waals surface area contributed by atoms with Gasteiger partial charge >= 0.3 is 0 Å². The third kappa shape index (κ3) is 3.57. The highest BCUT2D eigenvalue weighted by molar-refractivity contribution is 5.38. The molecule has 0 amide bonds. The van der Waals surface area contributed by atoms with Crippen molar-refractivity contribution in [3.8, 4) is 0 Å². The van der Waals surface area contributed by atoms with Crippen molar-refractivity contribution in [3.05, 3.63) is 23.3 Å². The molecule has 2 nitrogen and oxygen atoms in total. The number of aliphatic hydroxyl groups excluding tert-OH is 2. The van der Waals surface area contributed by atoms with Gasteiger partial charge in [0.15, 0.2) is 0 Å². The predicted octanol–water partition coefficient (Wildman–Crippen LogP) is 6.28. The van der Waals surface area contributed by atoms with Crippen molar-refractivity contribution in [2.75, 3.05) is 0 Å². The van der Waals surface area contributed by atoms with Crippen molar-refractivity contribution in [2.24, 2.45) is 40.4 Å². The highest BCUT2D eigenvalue weighted by atomic mass is 16.3. The fourth-order valence-electron chi connectivity index (χ4n) is 7.93. The SMILES string of the molecule is CC(C)[C@@H](O)CC[C@@H](C)[C@H]1CC[C@H]2C3=CC=C4C[C@@H](O)CC[C@]4(C)[C@H]3CC[C@]12C. The molecular formula is C27H44O2. The summed E-state index contributed by atoms with van der Waals surface area (Å²) in [5, 5.41) is 20.5. The first-order valence-electron chi connectivity index (χ1n) is 12.4. The van der Waals surface area contributed by atoms with E-state index < -0.39 is 0 Å². The Balaban J connectivity index is 1.52. The van der Waals surface area contributed by atoms with Gasteiger partial charge in [0.05, 0.1) is 12.2 Å². The summed E-state index contributed by atoms with van der Waals surface area (Å²) in [5.41, 5.74) is 3.98. The average Bonchev–Trinajstić information content (AvgIpc) is 3.03. The van der Waals surface area contributed by atoms with Crippen LogP contribution in [0, 0.1) is 40.4 Å². The number of rotatable bonds is 5. The van der Waals surface area contributed by atoms with E-state index >= 15 is 0 Å². The van der Waals surface area contributed by atoms with Gasteiger partial charge < -0.3 is 10.2 Å². The van der Waals surface area contributed by atoms with Crippen molar-refractivity contribution >= 4 is 0 Å². The minimum absolute atomic E-state index is 0.129. The van der Waals surface area contributed by atoms with E-state index in [-0.39, 0.29) is 17.6 Å². The molecule has 2 heteroatoms. The lowest BCUT2D eigenvalue weighted by Crippen LogP contribution is -2.46. The van der Waals surface area contributed by atoms with E-state index in [9.17, 15) is 10.2 Å². The molecule has 0 aromatic carbocycles. The highest BCUT2D eigenvalue weighted by Crippen LogP contribution is 2.66. The molecule has 0 aromatic heterocycles. The van der Waals surface area contributed by atoms with Crippen LogP contribution in [0.25, 0.3) is 0 Å². The number of hydrogen-bond acceptors (Lipinski definition) is 2. The van der Waals surface area contributed by atoms with Gasteiger partial charge in [-0.2, -0.15) is 0 Å². The molecule has 0 radical (unpaired) electrons. The van der Waals surface area contributed by atoms with Gasteiger partial charge in [-0.1, -0.05) is 57.9 Å². The van der Waals surface area contributed by atoms with E-state index in [1.165, 1.54) is 31.3 Å². The molecular weight excluding hydrogens is 356 g/mol. The first-order chi connectivity index (χ1) is 13.7. The quantitative estimate of drug-likeness (QED) is 0.570. The van der Waals surface area contributed by atoms with Crippen LogP contribution in [0.1, 0.15) is 92.4 Å². The maximum atomic E-state index is 10.3. The Morgan fingerprint density at radius 3 is 2.45 bits per heavy atom. The van der Waals surface area contributed by atoms with Crippen molar-refractivity contribution in [1.29, 1.82) is 0 Å². The van der Waals surface area contributed by atoms with Gasteiger partial charge in [-0.3, -0.25) is 0 Å². The topological polar surface area (TPSA) is 40.5 Å². The predicted molar refractivity (Wildman–Crippen MR) is 120 cm³/mol. The molecule has 8 atom stereocenters. The van der Waals surface area contributed by atoms with Gasteiger partial charge in [0.2, 0.25) is 0 Å². The molecule has 164 valence electrons. The van der Waals surface area contributed by atoms with Crippen LogP contribution in [0.5, 0.6) is 0 Å². The second-order valence-corrected chi connectivity index (χ2v) is 11.9. The maximum Gasteiger partial charge on any atom is 0.0578 e. The Bertz CT molecular complexity index is 676.